The summed E-state index contributed by atoms with van der Waals surface area (Å²) >= 11 is 0.952. The minimum Gasteiger partial charge on any atom is -0.378 e. The maximum atomic E-state index is 10.5. The van der Waals surface area contributed by atoms with Crippen LogP contribution in [0.1, 0.15) is 5.56 Å². The quantitative estimate of drug-likeness (QED) is 0.489. The van der Waals surface area contributed by atoms with Crippen molar-refractivity contribution in [2.24, 2.45) is 4.99 Å². The molecule has 0 radical (unpaired) electrons. The number of nitrogens with zero attached hydrogens (tertiary/aromatic N) is 4. The SMILES string of the molecule is CN(C)c1ccc(/C=N/c2ncc([N+](=O)[O-])s2)cc1. The molecule has 2 rings (SSSR count). The lowest BCUT2D eigenvalue weighted by Gasteiger charge is -2.11. The van der Waals surface area contributed by atoms with Crippen molar-refractivity contribution in [1.29, 1.82) is 0 Å². The molecule has 0 bridgehead atoms. The molecule has 0 saturated heterocycles. The Balaban J connectivity index is 2.11. The van der Waals surface area contributed by atoms with Gasteiger partial charge in [0.15, 0.2) is 0 Å². The van der Waals surface area contributed by atoms with Crippen molar-refractivity contribution >= 4 is 33.4 Å². The molecule has 0 amide bonds. The number of hydrogen-bond acceptors (Lipinski definition) is 6. The number of aromatic nitrogens is 1. The molecule has 0 aliphatic rings. The highest BCUT2D eigenvalue weighted by molar-refractivity contribution is 7.18. The van der Waals surface area contributed by atoms with Crippen molar-refractivity contribution in [3.63, 3.8) is 0 Å². The molecule has 98 valence electrons. The van der Waals surface area contributed by atoms with Gasteiger partial charge in [-0.2, -0.15) is 0 Å². The Bertz CT molecular complexity index is 604. The second kappa shape index (κ2) is 5.57. The van der Waals surface area contributed by atoms with Gasteiger partial charge in [0.1, 0.15) is 6.20 Å². The fourth-order valence-corrected chi connectivity index (χ4v) is 1.97. The first-order valence-electron chi connectivity index (χ1n) is 5.48. The average molecular weight is 276 g/mol. The second-order valence-electron chi connectivity index (χ2n) is 3.98. The zero-order valence-corrected chi connectivity index (χ0v) is 11.3. The Hall–Kier alpha value is -2.28. The molecule has 19 heavy (non-hydrogen) atoms. The molecule has 1 aromatic carbocycles. The van der Waals surface area contributed by atoms with E-state index in [-0.39, 0.29) is 5.00 Å². The predicted octanol–water partition coefficient (Wildman–Crippen LogP) is 2.87. The zero-order chi connectivity index (χ0) is 13.8. The highest BCUT2D eigenvalue weighted by Gasteiger charge is 2.09. The summed E-state index contributed by atoms with van der Waals surface area (Å²) < 4.78 is 0. The summed E-state index contributed by atoms with van der Waals surface area (Å²) in [4.78, 5) is 20.0. The van der Waals surface area contributed by atoms with Gasteiger partial charge in [0.25, 0.3) is 0 Å². The van der Waals surface area contributed by atoms with E-state index in [0.29, 0.717) is 5.13 Å². The fraction of sp³-hybridized carbons (Fsp3) is 0.167. The first kappa shape index (κ1) is 13.2. The lowest BCUT2D eigenvalue weighted by molar-refractivity contribution is -0.380. The third-order valence-corrected chi connectivity index (χ3v) is 3.25. The lowest BCUT2D eigenvalue weighted by Crippen LogP contribution is -2.08. The van der Waals surface area contributed by atoms with Gasteiger partial charge in [-0.15, -0.1) is 0 Å². The number of rotatable bonds is 4. The van der Waals surface area contributed by atoms with E-state index in [1.165, 1.54) is 6.20 Å². The Labute approximate surface area is 114 Å². The minimum absolute atomic E-state index is 0.00453. The van der Waals surface area contributed by atoms with Crippen LogP contribution in [-0.2, 0) is 0 Å². The van der Waals surface area contributed by atoms with Crippen LogP contribution in [0.2, 0.25) is 0 Å². The van der Waals surface area contributed by atoms with Crippen LogP contribution in [0.5, 0.6) is 0 Å². The van der Waals surface area contributed by atoms with Gasteiger partial charge in [-0.05, 0) is 29.0 Å². The summed E-state index contributed by atoms with van der Waals surface area (Å²) in [5.41, 5.74) is 2.02. The van der Waals surface area contributed by atoms with Crippen LogP contribution in [0.15, 0.2) is 35.5 Å². The fourth-order valence-electron chi connectivity index (χ4n) is 1.39. The van der Waals surface area contributed by atoms with Gasteiger partial charge < -0.3 is 4.90 Å². The number of thiazole rings is 1. The largest absolute Gasteiger partial charge is 0.378 e. The van der Waals surface area contributed by atoms with Crippen molar-refractivity contribution in [2.75, 3.05) is 19.0 Å². The molecule has 0 fully saturated rings. The van der Waals surface area contributed by atoms with Gasteiger partial charge in [0, 0.05) is 26.0 Å². The molecule has 7 heteroatoms. The molecule has 0 atom stereocenters. The number of benzene rings is 1. The second-order valence-corrected chi connectivity index (χ2v) is 4.97. The standard InChI is InChI=1S/C12H12N4O2S/c1-15(2)10-5-3-9(4-6-10)7-13-12-14-8-11(19-12)16(17)18/h3-8H,1-2H3/b13-7+. The first-order valence-corrected chi connectivity index (χ1v) is 6.29. The summed E-state index contributed by atoms with van der Waals surface area (Å²) in [5.74, 6) is 0. The van der Waals surface area contributed by atoms with Crippen LogP contribution in [0.4, 0.5) is 15.8 Å². The molecular weight excluding hydrogens is 264 g/mol. The third kappa shape index (κ3) is 3.35. The Kier molecular flexibility index (Phi) is 3.86. The molecule has 6 nitrogen and oxygen atoms in total. The van der Waals surface area contributed by atoms with Gasteiger partial charge in [-0.25, -0.2) is 9.98 Å². The Morgan fingerprint density at radius 2 is 2.05 bits per heavy atom. The zero-order valence-electron chi connectivity index (χ0n) is 10.5. The lowest BCUT2D eigenvalue weighted by atomic mass is 10.2. The highest BCUT2D eigenvalue weighted by atomic mass is 32.1. The van der Waals surface area contributed by atoms with Crippen molar-refractivity contribution in [2.45, 2.75) is 0 Å². The number of anilines is 1. The maximum absolute atomic E-state index is 10.5. The molecule has 0 spiro atoms. The molecular formula is C12H12N4O2S. The van der Waals surface area contributed by atoms with Crippen LogP contribution in [-0.4, -0.2) is 30.2 Å². The molecule has 2 aromatic rings. The molecule has 1 heterocycles. The number of nitro groups is 1. The van der Waals surface area contributed by atoms with Crippen LogP contribution in [0.3, 0.4) is 0 Å². The van der Waals surface area contributed by atoms with Gasteiger partial charge >= 0.3 is 5.00 Å². The predicted molar refractivity (Wildman–Crippen MR) is 76.8 cm³/mol. The summed E-state index contributed by atoms with van der Waals surface area (Å²) in [6, 6.07) is 7.82. The Morgan fingerprint density at radius 3 is 2.58 bits per heavy atom. The van der Waals surface area contributed by atoms with Crippen LogP contribution >= 0.6 is 11.3 Å². The van der Waals surface area contributed by atoms with E-state index in [9.17, 15) is 10.1 Å². The van der Waals surface area contributed by atoms with E-state index in [0.717, 1.165) is 22.6 Å². The van der Waals surface area contributed by atoms with E-state index >= 15 is 0 Å². The first-order chi connectivity index (χ1) is 9.06. The molecule has 0 aliphatic heterocycles. The van der Waals surface area contributed by atoms with Gasteiger partial charge in [0.2, 0.25) is 5.13 Å². The summed E-state index contributed by atoms with van der Waals surface area (Å²) in [5, 5.41) is 10.9. The topological polar surface area (TPSA) is 71.6 Å². The van der Waals surface area contributed by atoms with E-state index in [2.05, 4.69) is 9.98 Å². The maximum Gasteiger partial charge on any atom is 0.345 e. The monoisotopic (exact) mass is 276 g/mol. The van der Waals surface area contributed by atoms with Crippen LogP contribution in [0, 0.1) is 10.1 Å². The smallest absolute Gasteiger partial charge is 0.345 e. The van der Waals surface area contributed by atoms with Gasteiger partial charge in [0.05, 0.1) is 4.92 Å². The van der Waals surface area contributed by atoms with Crippen molar-refractivity contribution < 1.29 is 4.92 Å². The minimum atomic E-state index is -0.470. The molecule has 0 saturated carbocycles. The summed E-state index contributed by atoms with van der Waals surface area (Å²) in [7, 11) is 3.94. The molecule has 0 aliphatic carbocycles. The van der Waals surface area contributed by atoms with E-state index in [1.54, 1.807) is 6.21 Å². The molecule has 0 N–H and O–H groups in total. The average Bonchev–Trinajstić information content (AvgIpc) is 2.86. The van der Waals surface area contributed by atoms with E-state index in [1.807, 2.05) is 43.3 Å². The highest BCUT2D eigenvalue weighted by Crippen LogP contribution is 2.27. The van der Waals surface area contributed by atoms with Gasteiger partial charge in [-0.1, -0.05) is 12.1 Å². The van der Waals surface area contributed by atoms with Crippen molar-refractivity contribution in [3.8, 4) is 0 Å². The summed E-state index contributed by atoms with van der Waals surface area (Å²) in [6.45, 7) is 0. The Morgan fingerprint density at radius 1 is 1.37 bits per heavy atom. The van der Waals surface area contributed by atoms with E-state index in [4.69, 9.17) is 0 Å². The van der Waals surface area contributed by atoms with Crippen LogP contribution in [0.25, 0.3) is 0 Å². The van der Waals surface area contributed by atoms with Crippen molar-refractivity contribution in [1.82, 2.24) is 4.98 Å². The molecule has 0 unspecified atom stereocenters. The van der Waals surface area contributed by atoms with Gasteiger partial charge in [-0.3, -0.25) is 10.1 Å². The van der Waals surface area contributed by atoms with E-state index < -0.39 is 4.92 Å². The number of hydrogen-bond donors (Lipinski definition) is 0. The number of aliphatic imine (C=N–C) groups is 1. The van der Waals surface area contributed by atoms with Crippen LogP contribution < -0.4 is 4.90 Å². The van der Waals surface area contributed by atoms with Crippen molar-refractivity contribution in [3.05, 3.63) is 46.1 Å². The normalized spacial score (nSPS) is 10.8. The summed E-state index contributed by atoms with van der Waals surface area (Å²) in [6.07, 6.45) is 2.86. The third-order valence-electron chi connectivity index (χ3n) is 2.39. The molecule has 1 aromatic heterocycles.